The van der Waals surface area contributed by atoms with Crippen molar-refractivity contribution in [3.8, 4) is 0 Å². The van der Waals surface area contributed by atoms with E-state index < -0.39 is 0 Å². The summed E-state index contributed by atoms with van der Waals surface area (Å²) in [5, 5.41) is 3.06. The third-order valence-corrected chi connectivity index (χ3v) is 4.46. The molecule has 2 heteroatoms. The number of rotatable bonds is 4. The van der Waals surface area contributed by atoms with E-state index >= 15 is 0 Å². The summed E-state index contributed by atoms with van der Waals surface area (Å²) in [6.45, 7) is 0. The van der Waals surface area contributed by atoms with Crippen molar-refractivity contribution in [3.63, 3.8) is 0 Å². The van der Waals surface area contributed by atoms with E-state index in [1.54, 1.807) is 0 Å². The number of anilines is 1. The number of amides is 1. The number of nitrogens with one attached hydrogen (secondary N) is 1. The van der Waals surface area contributed by atoms with Crippen molar-refractivity contribution >= 4 is 11.6 Å². The van der Waals surface area contributed by atoms with Crippen LogP contribution in [0.2, 0.25) is 0 Å². The number of carbonyl (C=O) groups excluding carboxylic acids is 1. The van der Waals surface area contributed by atoms with E-state index in [1.807, 2.05) is 36.4 Å². The lowest BCUT2D eigenvalue weighted by molar-refractivity contribution is -0.119. The minimum atomic E-state index is 0.0210. The van der Waals surface area contributed by atoms with E-state index in [1.165, 1.54) is 17.6 Å². The molecule has 1 atom stereocenters. The Morgan fingerprint density at radius 1 is 1.00 bits per heavy atom. The first-order chi connectivity index (χ1) is 11.3. The minimum Gasteiger partial charge on any atom is -0.326 e. The molecule has 3 rings (SSSR count). The van der Waals surface area contributed by atoms with Crippen molar-refractivity contribution in [2.45, 2.75) is 32.1 Å². The van der Waals surface area contributed by atoms with Crippen molar-refractivity contribution in [3.05, 3.63) is 77.9 Å². The predicted molar refractivity (Wildman–Crippen MR) is 95.3 cm³/mol. The molecule has 1 aliphatic carbocycles. The molecule has 1 fully saturated rings. The lowest BCUT2D eigenvalue weighted by atomic mass is 9.82. The summed E-state index contributed by atoms with van der Waals surface area (Å²) >= 11 is 0. The maximum absolute atomic E-state index is 12.6. The van der Waals surface area contributed by atoms with Gasteiger partial charge in [-0.1, -0.05) is 66.6 Å². The van der Waals surface area contributed by atoms with E-state index in [-0.39, 0.29) is 11.8 Å². The molecule has 0 aliphatic heterocycles. The molecule has 0 heterocycles. The van der Waals surface area contributed by atoms with E-state index in [0.717, 1.165) is 31.4 Å². The molecular formula is C21H23NO. The highest BCUT2D eigenvalue weighted by Gasteiger charge is 2.25. The number of para-hydroxylation sites is 1. The molecule has 0 spiro atoms. The second-order valence-electron chi connectivity index (χ2n) is 6.12. The molecule has 0 radical (unpaired) electrons. The van der Waals surface area contributed by atoms with E-state index in [0.29, 0.717) is 0 Å². The van der Waals surface area contributed by atoms with Crippen LogP contribution in [-0.2, 0) is 11.2 Å². The van der Waals surface area contributed by atoms with Crippen LogP contribution in [0, 0.1) is 5.92 Å². The molecule has 0 bridgehead atoms. The Balaban J connectivity index is 1.69. The second-order valence-corrected chi connectivity index (χ2v) is 6.12. The topological polar surface area (TPSA) is 29.1 Å². The predicted octanol–water partition coefficient (Wildman–Crippen LogP) is 4.98. The number of carbonyl (C=O) groups is 1. The monoisotopic (exact) mass is 305 g/mol. The Bertz CT molecular complexity index is 661. The van der Waals surface area contributed by atoms with Crippen LogP contribution in [0.1, 0.15) is 31.2 Å². The van der Waals surface area contributed by atoms with Gasteiger partial charge >= 0.3 is 0 Å². The van der Waals surface area contributed by atoms with Gasteiger partial charge in [-0.2, -0.15) is 0 Å². The van der Waals surface area contributed by atoms with Gasteiger partial charge in [-0.3, -0.25) is 4.79 Å². The minimum absolute atomic E-state index is 0.0210. The van der Waals surface area contributed by atoms with Crippen molar-refractivity contribution < 1.29 is 4.79 Å². The average Bonchev–Trinajstić information content (AvgIpc) is 2.62. The number of benzene rings is 2. The van der Waals surface area contributed by atoms with Gasteiger partial charge in [0.05, 0.1) is 5.92 Å². The lowest BCUT2D eigenvalue weighted by Crippen LogP contribution is -2.26. The molecule has 23 heavy (non-hydrogen) atoms. The lowest BCUT2D eigenvalue weighted by Gasteiger charge is -2.25. The Morgan fingerprint density at radius 2 is 1.70 bits per heavy atom. The van der Waals surface area contributed by atoms with Gasteiger partial charge in [0.2, 0.25) is 5.91 Å². The Morgan fingerprint density at radius 3 is 2.43 bits per heavy atom. The molecule has 0 saturated heterocycles. The van der Waals surface area contributed by atoms with Gasteiger partial charge < -0.3 is 5.32 Å². The molecule has 2 aromatic carbocycles. The van der Waals surface area contributed by atoms with Crippen LogP contribution in [0.5, 0.6) is 0 Å². The first kappa shape index (κ1) is 15.5. The summed E-state index contributed by atoms with van der Waals surface area (Å²) in [7, 11) is 0. The average molecular weight is 305 g/mol. The Labute approximate surface area is 138 Å². The number of allylic oxidation sites excluding steroid dienone is 1. The molecule has 1 N–H and O–H groups in total. The summed E-state index contributed by atoms with van der Waals surface area (Å²) in [5.74, 6) is 0.155. The summed E-state index contributed by atoms with van der Waals surface area (Å²) in [6.07, 6.45) is 7.50. The fraction of sp³-hybridized carbons (Fsp3) is 0.286. The van der Waals surface area contributed by atoms with Gasteiger partial charge in [0.25, 0.3) is 0 Å². The summed E-state index contributed by atoms with van der Waals surface area (Å²) in [4.78, 5) is 12.6. The zero-order valence-electron chi connectivity index (χ0n) is 13.4. The van der Waals surface area contributed by atoms with Crippen LogP contribution in [0.25, 0.3) is 0 Å². The zero-order chi connectivity index (χ0) is 15.9. The van der Waals surface area contributed by atoms with Gasteiger partial charge in [-0.25, -0.2) is 0 Å². The fourth-order valence-electron chi connectivity index (χ4n) is 3.19. The third-order valence-electron chi connectivity index (χ3n) is 4.46. The molecule has 0 aromatic heterocycles. The summed E-state index contributed by atoms with van der Waals surface area (Å²) in [5.41, 5.74) is 3.48. The van der Waals surface area contributed by atoms with Crippen molar-refractivity contribution in [1.29, 1.82) is 0 Å². The fourth-order valence-corrected chi connectivity index (χ4v) is 3.19. The van der Waals surface area contributed by atoms with Crippen molar-refractivity contribution in [1.82, 2.24) is 0 Å². The molecule has 0 unspecified atom stereocenters. The highest BCUT2D eigenvalue weighted by molar-refractivity contribution is 5.94. The molecule has 1 saturated carbocycles. The Hall–Kier alpha value is -2.35. The van der Waals surface area contributed by atoms with Crippen LogP contribution < -0.4 is 5.32 Å². The van der Waals surface area contributed by atoms with E-state index in [9.17, 15) is 4.79 Å². The quantitative estimate of drug-likeness (QED) is 0.793. The van der Waals surface area contributed by atoms with Crippen LogP contribution >= 0.6 is 0 Å². The van der Waals surface area contributed by atoms with Crippen molar-refractivity contribution in [2.75, 3.05) is 5.32 Å². The SMILES string of the molecule is O=C(Nc1ccccc1)[C@H]1CCCCC1=CCc1ccccc1. The van der Waals surface area contributed by atoms with Crippen molar-refractivity contribution in [2.24, 2.45) is 5.92 Å². The van der Waals surface area contributed by atoms with Gasteiger partial charge in [0.15, 0.2) is 0 Å². The molecule has 2 aromatic rings. The zero-order valence-corrected chi connectivity index (χ0v) is 13.4. The highest BCUT2D eigenvalue weighted by Crippen LogP contribution is 2.30. The summed E-state index contributed by atoms with van der Waals surface area (Å²) in [6, 6.07) is 20.2. The van der Waals surface area contributed by atoms with Gasteiger partial charge in [-0.05, 0) is 43.4 Å². The van der Waals surface area contributed by atoms with Crippen LogP contribution in [-0.4, -0.2) is 5.91 Å². The molecule has 118 valence electrons. The van der Waals surface area contributed by atoms with Gasteiger partial charge in [-0.15, -0.1) is 0 Å². The maximum atomic E-state index is 12.6. The van der Waals surface area contributed by atoms with Gasteiger partial charge in [0.1, 0.15) is 0 Å². The second kappa shape index (κ2) is 7.77. The van der Waals surface area contributed by atoms with E-state index in [4.69, 9.17) is 0 Å². The smallest absolute Gasteiger partial charge is 0.231 e. The van der Waals surface area contributed by atoms with E-state index in [2.05, 4.69) is 35.7 Å². The number of hydrogen-bond acceptors (Lipinski definition) is 1. The van der Waals surface area contributed by atoms with Crippen LogP contribution in [0.15, 0.2) is 72.3 Å². The first-order valence-corrected chi connectivity index (χ1v) is 8.42. The number of hydrogen-bond donors (Lipinski definition) is 1. The molecule has 1 amide bonds. The molecular weight excluding hydrogens is 282 g/mol. The highest BCUT2D eigenvalue weighted by atomic mass is 16.1. The standard InChI is InChI=1S/C21H23NO/c23-21(22-19-12-5-2-6-13-19)20-14-8-7-11-18(20)16-15-17-9-3-1-4-10-17/h1-6,9-10,12-13,16,20H,7-8,11,14-15H2,(H,22,23)/t20-/m0/s1. The van der Waals surface area contributed by atoms with Gasteiger partial charge in [0, 0.05) is 5.69 Å². The van der Waals surface area contributed by atoms with Crippen LogP contribution in [0.3, 0.4) is 0 Å². The molecule has 2 nitrogen and oxygen atoms in total. The Kier molecular flexibility index (Phi) is 5.25. The summed E-state index contributed by atoms with van der Waals surface area (Å²) < 4.78 is 0. The largest absolute Gasteiger partial charge is 0.326 e. The normalized spacial score (nSPS) is 19.5. The third kappa shape index (κ3) is 4.32. The first-order valence-electron chi connectivity index (χ1n) is 8.42. The maximum Gasteiger partial charge on any atom is 0.231 e. The molecule has 1 aliphatic rings. The van der Waals surface area contributed by atoms with Crippen LogP contribution in [0.4, 0.5) is 5.69 Å².